The lowest BCUT2D eigenvalue weighted by molar-refractivity contribution is 0.117. The first-order valence-electron chi connectivity index (χ1n) is 6.03. The molecule has 0 spiro atoms. The Hall–Kier alpha value is -0.0800. The van der Waals surface area contributed by atoms with Crippen LogP contribution in [0.1, 0.15) is 46.5 Å². The zero-order valence-electron chi connectivity index (χ0n) is 10.4. The Balaban J connectivity index is 3.87. The first-order valence-corrected chi connectivity index (χ1v) is 6.03. The summed E-state index contributed by atoms with van der Waals surface area (Å²) in [6.45, 7) is 9.87. The lowest BCUT2D eigenvalue weighted by Gasteiger charge is -2.29. The van der Waals surface area contributed by atoms with Gasteiger partial charge in [0, 0.05) is 19.7 Å². The molecule has 0 aliphatic carbocycles. The number of unbranched alkanes of at least 4 members (excludes halogenated alkanes) is 1. The quantitative estimate of drug-likeness (QED) is 0.569. The molecule has 0 rings (SSSR count). The number of hydrogen-bond donors (Lipinski definition) is 0. The molecule has 0 aromatic carbocycles. The maximum absolute atomic E-state index is 5.13. The second-order valence-corrected chi connectivity index (χ2v) is 3.83. The van der Waals surface area contributed by atoms with Gasteiger partial charge in [-0.2, -0.15) is 0 Å². The molecule has 0 saturated carbocycles. The van der Waals surface area contributed by atoms with Crippen LogP contribution in [0.4, 0.5) is 0 Å². The summed E-state index contributed by atoms with van der Waals surface area (Å²) in [6.07, 6.45) is 5.25. The second-order valence-electron chi connectivity index (χ2n) is 3.83. The molecule has 0 amide bonds. The van der Waals surface area contributed by atoms with Crippen LogP contribution in [0.3, 0.4) is 0 Å². The summed E-state index contributed by atoms with van der Waals surface area (Å²) in [7, 11) is 1.78. The molecule has 0 fully saturated rings. The third-order valence-electron chi connectivity index (χ3n) is 2.87. The fourth-order valence-corrected chi connectivity index (χ4v) is 1.89. The lowest BCUT2D eigenvalue weighted by atomic mass is 10.1. The smallest absolute Gasteiger partial charge is 0.0589 e. The van der Waals surface area contributed by atoms with E-state index < -0.39 is 0 Å². The van der Waals surface area contributed by atoms with E-state index in [1.165, 1.54) is 25.7 Å². The van der Waals surface area contributed by atoms with Crippen molar-refractivity contribution < 1.29 is 4.74 Å². The highest BCUT2D eigenvalue weighted by Crippen LogP contribution is 2.11. The summed E-state index contributed by atoms with van der Waals surface area (Å²) in [5, 5.41) is 0. The largest absolute Gasteiger partial charge is 0.383 e. The SMILES string of the molecule is CCCCC(CC)N(CC)CCOC. The van der Waals surface area contributed by atoms with Gasteiger partial charge in [-0.05, 0) is 19.4 Å². The third-order valence-corrected chi connectivity index (χ3v) is 2.87. The Morgan fingerprint density at radius 1 is 1.21 bits per heavy atom. The minimum absolute atomic E-state index is 0.759. The number of hydrogen-bond acceptors (Lipinski definition) is 2. The Kier molecular flexibility index (Phi) is 9.42. The van der Waals surface area contributed by atoms with Crippen molar-refractivity contribution in [1.29, 1.82) is 0 Å². The van der Waals surface area contributed by atoms with Gasteiger partial charge in [-0.3, -0.25) is 4.90 Å². The minimum Gasteiger partial charge on any atom is -0.383 e. The van der Waals surface area contributed by atoms with Crippen LogP contribution in [0.5, 0.6) is 0 Å². The number of nitrogens with zero attached hydrogens (tertiary/aromatic N) is 1. The van der Waals surface area contributed by atoms with Gasteiger partial charge in [0.15, 0.2) is 0 Å². The van der Waals surface area contributed by atoms with E-state index >= 15 is 0 Å². The van der Waals surface area contributed by atoms with Crippen molar-refractivity contribution in [3.8, 4) is 0 Å². The fraction of sp³-hybridized carbons (Fsp3) is 1.00. The van der Waals surface area contributed by atoms with Crippen LogP contribution in [-0.2, 0) is 4.74 Å². The van der Waals surface area contributed by atoms with E-state index in [2.05, 4.69) is 25.7 Å². The number of rotatable bonds is 9. The molecule has 0 heterocycles. The monoisotopic (exact) mass is 201 g/mol. The molecule has 1 atom stereocenters. The highest BCUT2D eigenvalue weighted by molar-refractivity contribution is 4.69. The zero-order valence-corrected chi connectivity index (χ0v) is 10.4. The van der Waals surface area contributed by atoms with Gasteiger partial charge < -0.3 is 4.74 Å². The van der Waals surface area contributed by atoms with Crippen molar-refractivity contribution in [3.05, 3.63) is 0 Å². The van der Waals surface area contributed by atoms with Crippen LogP contribution < -0.4 is 0 Å². The summed E-state index contributed by atoms with van der Waals surface area (Å²) in [6, 6.07) is 0.759. The summed E-state index contributed by atoms with van der Waals surface area (Å²) in [5.74, 6) is 0. The molecule has 1 unspecified atom stereocenters. The average molecular weight is 201 g/mol. The van der Waals surface area contributed by atoms with Crippen LogP contribution in [-0.4, -0.2) is 37.7 Å². The highest BCUT2D eigenvalue weighted by Gasteiger charge is 2.13. The van der Waals surface area contributed by atoms with E-state index in [0.717, 1.165) is 25.7 Å². The second kappa shape index (κ2) is 9.47. The van der Waals surface area contributed by atoms with Crippen molar-refractivity contribution in [3.63, 3.8) is 0 Å². The molecule has 0 N–H and O–H groups in total. The van der Waals surface area contributed by atoms with Gasteiger partial charge >= 0.3 is 0 Å². The van der Waals surface area contributed by atoms with E-state index in [4.69, 9.17) is 4.74 Å². The van der Waals surface area contributed by atoms with Gasteiger partial charge in [-0.15, -0.1) is 0 Å². The number of likely N-dealkylation sites (N-methyl/N-ethyl adjacent to an activating group) is 1. The molecule has 0 radical (unpaired) electrons. The predicted octanol–water partition coefficient (Wildman–Crippen LogP) is 2.92. The van der Waals surface area contributed by atoms with Crippen molar-refractivity contribution in [2.75, 3.05) is 26.8 Å². The molecule has 2 heteroatoms. The maximum atomic E-state index is 5.13. The lowest BCUT2D eigenvalue weighted by Crippen LogP contribution is -2.37. The molecule has 0 aliphatic heterocycles. The first kappa shape index (κ1) is 13.9. The Labute approximate surface area is 89.6 Å². The standard InChI is InChI=1S/C12H27NO/c1-5-8-9-12(6-2)13(7-3)10-11-14-4/h12H,5-11H2,1-4H3. The van der Waals surface area contributed by atoms with E-state index in [9.17, 15) is 0 Å². The minimum atomic E-state index is 0.759. The summed E-state index contributed by atoms with van der Waals surface area (Å²) in [4.78, 5) is 2.54. The molecule has 0 aliphatic rings. The van der Waals surface area contributed by atoms with Crippen molar-refractivity contribution in [1.82, 2.24) is 4.90 Å². The normalized spacial score (nSPS) is 13.5. The zero-order chi connectivity index (χ0) is 10.8. The van der Waals surface area contributed by atoms with Crippen LogP contribution in [0.15, 0.2) is 0 Å². The Morgan fingerprint density at radius 3 is 2.36 bits per heavy atom. The van der Waals surface area contributed by atoms with Gasteiger partial charge in [0.05, 0.1) is 6.61 Å². The van der Waals surface area contributed by atoms with E-state index in [-0.39, 0.29) is 0 Å². The molecule has 2 nitrogen and oxygen atoms in total. The van der Waals surface area contributed by atoms with Crippen LogP contribution in [0.2, 0.25) is 0 Å². The summed E-state index contributed by atoms with van der Waals surface area (Å²) in [5.41, 5.74) is 0. The summed E-state index contributed by atoms with van der Waals surface area (Å²) < 4.78 is 5.13. The molecule has 0 saturated heterocycles. The third kappa shape index (κ3) is 5.61. The van der Waals surface area contributed by atoms with Crippen molar-refractivity contribution >= 4 is 0 Å². The molecule has 0 aromatic rings. The molecule has 0 aromatic heterocycles. The molecule has 86 valence electrons. The predicted molar refractivity (Wildman–Crippen MR) is 62.7 cm³/mol. The van der Waals surface area contributed by atoms with Crippen molar-refractivity contribution in [2.45, 2.75) is 52.5 Å². The van der Waals surface area contributed by atoms with Crippen LogP contribution in [0, 0.1) is 0 Å². The van der Waals surface area contributed by atoms with Gasteiger partial charge in [0.25, 0.3) is 0 Å². The number of ether oxygens (including phenoxy) is 1. The fourth-order valence-electron chi connectivity index (χ4n) is 1.89. The van der Waals surface area contributed by atoms with Gasteiger partial charge in [-0.25, -0.2) is 0 Å². The number of methoxy groups -OCH3 is 1. The van der Waals surface area contributed by atoms with Gasteiger partial charge in [0.2, 0.25) is 0 Å². The first-order chi connectivity index (χ1) is 6.79. The van der Waals surface area contributed by atoms with Crippen LogP contribution in [0.25, 0.3) is 0 Å². The van der Waals surface area contributed by atoms with Crippen LogP contribution >= 0.6 is 0 Å². The molecule has 14 heavy (non-hydrogen) atoms. The van der Waals surface area contributed by atoms with Crippen molar-refractivity contribution in [2.24, 2.45) is 0 Å². The summed E-state index contributed by atoms with van der Waals surface area (Å²) >= 11 is 0. The Morgan fingerprint density at radius 2 is 1.93 bits per heavy atom. The average Bonchev–Trinajstić information content (AvgIpc) is 2.23. The highest BCUT2D eigenvalue weighted by atomic mass is 16.5. The van der Waals surface area contributed by atoms with Gasteiger partial charge in [0.1, 0.15) is 0 Å². The Bertz CT molecular complexity index is 103. The van der Waals surface area contributed by atoms with Gasteiger partial charge in [-0.1, -0.05) is 33.6 Å². The topological polar surface area (TPSA) is 12.5 Å². The molecule has 0 bridgehead atoms. The van der Waals surface area contributed by atoms with E-state index in [0.29, 0.717) is 0 Å². The molecular weight excluding hydrogens is 174 g/mol. The molecular formula is C12H27NO. The maximum Gasteiger partial charge on any atom is 0.0589 e. The van der Waals surface area contributed by atoms with E-state index in [1.807, 2.05) is 0 Å². The van der Waals surface area contributed by atoms with E-state index in [1.54, 1.807) is 7.11 Å².